The van der Waals surface area contributed by atoms with E-state index in [1.165, 1.54) is 18.5 Å². The number of ketones is 1. The van der Waals surface area contributed by atoms with Crippen LogP contribution >= 0.6 is 0 Å². The van der Waals surface area contributed by atoms with Crippen LogP contribution in [0.3, 0.4) is 0 Å². The van der Waals surface area contributed by atoms with E-state index < -0.39 is 33.8 Å². The second-order valence-corrected chi connectivity index (χ2v) is 6.48. The molecule has 0 radical (unpaired) electrons. The molecule has 1 aromatic heterocycles. The lowest BCUT2D eigenvalue weighted by Crippen LogP contribution is -2.38. The zero-order valence-electron chi connectivity index (χ0n) is 14.6. The Kier molecular flexibility index (Phi) is 4.66. The zero-order chi connectivity index (χ0) is 20.7. The quantitative estimate of drug-likeness (QED) is 0.441. The Balaban J connectivity index is 2.01. The fraction of sp³-hybridized carbons (Fsp3) is 0.278. The molecule has 0 saturated heterocycles. The number of pyridine rings is 1. The van der Waals surface area contributed by atoms with Gasteiger partial charge in [0.25, 0.3) is 5.69 Å². The van der Waals surface area contributed by atoms with Crippen molar-refractivity contribution < 1.29 is 27.7 Å². The summed E-state index contributed by atoms with van der Waals surface area (Å²) in [5, 5.41) is 11.4. The topological polar surface area (TPSA) is 93.4 Å². The Labute approximate surface area is 156 Å². The number of carbonyl (C=O) groups is 2. The van der Waals surface area contributed by atoms with Crippen molar-refractivity contribution in [2.45, 2.75) is 24.4 Å². The van der Waals surface area contributed by atoms with E-state index in [0.29, 0.717) is 24.0 Å². The number of benzene rings is 1. The van der Waals surface area contributed by atoms with Gasteiger partial charge >= 0.3 is 12.1 Å². The standard InChI is InChI=1S/C18H14F3N3O4/c1-23(16(26)18(19,20)21)13-5-4-12(9-14(13)24(27)28)17(6-7-17)15(25)11-3-2-8-22-10-11/h2-5,8-10H,6-7H2,1H3. The predicted molar refractivity (Wildman–Crippen MR) is 92.0 cm³/mol. The van der Waals surface area contributed by atoms with Gasteiger partial charge in [0, 0.05) is 31.1 Å². The molecule has 1 aromatic carbocycles. The lowest BCUT2D eigenvalue weighted by Gasteiger charge is -2.20. The first-order valence-electron chi connectivity index (χ1n) is 8.16. The molecular formula is C18H14F3N3O4. The fourth-order valence-electron chi connectivity index (χ4n) is 3.10. The van der Waals surface area contributed by atoms with Crippen molar-refractivity contribution in [3.63, 3.8) is 0 Å². The average molecular weight is 393 g/mol. The molecule has 0 aliphatic heterocycles. The van der Waals surface area contributed by atoms with E-state index in [0.717, 1.165) is 19.2 Å². The maximum Gasteiger partial charge on any atom is 0.471 e. The van der Waals surface area contributed by atoms with Crippen LogP contribution in [0.4, 0.5) is 24.5 Å². The summed E-state index contributed by atoms with van der Waals surface area (Å²) in [5.41, 5.74) is -1.48. The van der Waals surface area contributed by atoms with Gasteiger partial charge in [-0.25, -0.2) is 0 Å². The third-order valence-corrected chi connectivity index (χ3v) is 4.74. The molecule has 1 amide bonds. The minimum atomic E-state index is -5.17. The number of nitrogens with zero attached hydrogens (tertiary/aromatic N) is 3. The first-order chi connectivity index (χ1) is 13.1. The van der Waals surface area contributed by atoms with Gasteiger partial charge in [-0.1, -0.05) is 6.07 Å². The van der Waals surface area contributed by atoms with E-state index in [2.05, 4.69) is 4.98 Å². The number of halogens is 3. The zero-order valence-corrected chi connectivity index (χ0v) is 14.6. The summed E-state index contributed by atoms with van der Waals surface area (Å²) in [6.45, 7) is 0. The van der Waals surface area contributed by atoms with Crippen LogP contribution in [0.25, 0.3) is 0 Å². The molecular weight excluding hydrogens is 379 g/mol. The molecule has 0 bridgehead atoms. The summed E-state index contributed by atoms with van der Waals surface area (Å²) in [5.74, 6) is -2.49. The number of aromatic nitrogens is 1. The summed E-state index contributed by atoms with van der Waals surface area (Å²) in [4.78, 5) is 38.9. The van der Waals surface area contributed by atoms with Gasteiger partial charge in [-0.05, 0) is 36.6 Å². The number of hydrogen-bond acceptors (Lipinski definition) is 5. The molecule has 0 spiro atoms. The van der Waals surface area contributed by atoms with E-state index in [4.69, 9.17) is 0 Å². The number of Topliss-reactive ketones (excluding diaryl/α,β-unsaturated/α-hetero) is 1. The molecule has 10 heteroatoms. The highest BCUT2D eigenvalue weighted by atomic mass is 19.4. The Morgan fingerprint density at radius 1 is 1.25 bits per heavy atom. The highest BCUT2D eigenvalue weighted by Gasteiger charge is 2.52. The second kappa shape index (κ2) is 6.70. The van der Waals surface area contributed by atoms with Crippen molar-refractivity contribution >= 4 is 23.1 Å². The van der Waals surface area contributed by atoms with Crippen LogP contribution in [0, 0.1) is 10.1 Å². The molecule has 1 fully saturated rings. The van der Waals surface area contributed by atoms with E-state index >= 15 is 0 Å². The first kappa shape index (κ1) is 19.5. The van der Waals surface area contributed by atoms with Crippen LogP contribution in [-0.4, -0.2) is 34.8 Å². The van der Waals surface area contributed by atoms with Crippen molar-refractivity contribution in [1.29, 1.82) is 0 Å². The second-order valence-electron chi connectivity index (χ2n) is 6.48. The van der Waals surface area contributed by atoms with Gasteiger partial charge in [-0.3, -0.25) is 24.7 Å². The number of carbonyl (C=O) groups excluding carboxylic acids is 2. The van der Waals surface area contributed by atoms with Crippen LogP contribution in [0.15, 0.2) is 42.7 Å². The monoisotopic (exact) mass is 393 g/mol. The molecule has 1 heterocycles. The van der Waals surface area contributed by atoms with Crippen LogP contribution < -0.4 is 4.90 Å². The van der Waals surface area contributed by atoms with Gasteiger partial charge in [0.15, 0.2) is 5.78 Å². The summed E-state index contributed by atoms with van der Waals surface area (Å²) < 4.78 is 38.0. The average Bonchev–Trinajstić information content (AvgIpc) is 3.47. The molecule has 2 aromatic rings. The van der Waals surface area contributed by atoms with Gasteiger partial charge in [-0.2, -0.15) is 13.2 Å². The predicted octanol–water partition coefficient (Wildman–Crippen LogP) is 3.43. The molecule has 0 unspecified atom stereocenters. The van der Waals surface area contributed by atoms with E-state index in [9.17, 15) is 32.9 Å². The summed E-state index contributed by atoms with van der Waals surface area (Å²) in [6.07, 6.45) is -1.37. The number of nitro benzene ring substituents is 1. The number of amides is 1. The Morgan fingerprint density at radius 2 is 1.93 bits per heavy atom. The molecule has 0 N–H and O–H groups in total. The smallest absolute Gasteiger partial charge is 0.302 e. The lowest BCUT2D eigenvalue weighted by atomic mass is 9.87. The van der Waals surface area contributed by atoms with Gasteiger partial charge in [-0.15, -0.1) is 0 Å². The highest BCUT2D eigenvalue weighted by Crippen LogP contribution is 2.51. The number of hydrogen-bond donors (Lipinski definition) is 0. The summed E-state index contributed by atoms with van der Waals surface area (Å²) in [6, 6.07) is 6.65. The Hall–Kier alpha value is -3.30. The third-order valence-electron chi connectivity index (χ3n) is 4.74. The molecule has 1 aliphatic rings. The van der Waals surface area contributed by atoms with Gasteiger partial charge < -0.3 is 4.90 Å². The van der Waals surface area contributed by atoms with E-state index in [1.54, 1.807) is 12.1 Å². The minimum absolute atomic E-state index is 0.185. The summed E-state index contributed by atoms with van der Waals surface area (Å²) >= 11 is 0. The molecule has 3 rings (SSSR count). The number of alkyl halides is 3. The van der Waals surface area contributed by atoms with Crippen molar-refractivity contribution in [2.75, 3.05) is 11.9 Å². The Morgan fingerprint density at radius 3 is 2.43 bits per heavy atom. The van der Waals surface area contributed by atoms with Crippen molar-refractivity contribution in [1.82, 2.24) is 4.98 Å². The van der Waals surface area contributed by atoms with Gasteiger partial charge in [0.05, 0.1) is 10.3 Å². The SMILES string of the molecule is CN(C(=O)C(F)(F)F)c1ccc(C2(C(=O)c3cccnc3)CC2)cc1[N+](=O)[O-]. The first-order valence-corrected chi connectivity index (χ1v) is 8.16. The Bertz CT molecular complexity index is 956. The van der Waals surface area contributed by atoms with Crippen LogP contribution in [-0.2, 0) is 10.2 Å². The molecule has 7 nitrogen and oxygen atoms in total. The maximum atomic E-state index is 12.8. The molecule has 1 aliphatic carbocycles. The van der Waals surface area contributed by atoms with E-state index in [1.807, 2.05) is 0 Å². The largest absolute Gasteiger partial charge is 0.471 e. The van der Waals surface area contributed by atoms with Crippen LogP contribution in [0.1, 0.15) is 28.8 Å². The fourth-order valence-corrected chi connectivity index (χ4v) is 3.10. The number of rotatable bonds is 5. The molecule has 1 saturated carbocycles. The van der Waals surface area contributed by atoms with E-state index in [-0.39, 0.29) is 10.7 Å². The highest BCUT2D eigenvalue weighted by molar-refractivity contribution is 6.06. The summed E-state index contributed by atoms with van der Waals surface area (Å²) in [7, 11) is 0.811. The van der Waals surface area contributed by atoms with Crippen molar-refractivity contribution in [2.24, 2.45) is 0 Å². The van der Waals surface area contributed by atoms with Gasteiger partial charge in [0.1, 0.15) is 5.69 Å². The third kappa shape index (κ3) is 3.32. The van der Waals surface area contributed by atoms with Gasteiger partial charge in [0.2, 0.25) is 0 Å². The van der Waals surface area contributed by atoms with Crippen LogP contribution in [0.2, 0.25) is 0 Å². The number of nitro groups is 1. The maximum absolute atomic E-state index is 12.8. The normalized spacial score (nSPS) is 15.0. The lowest BCUT2D eigenvalue weighted by molar-refractivity contribution is -0.384. The van der Waals surface area contributed by atoms with Crippen molar-refractivity contribution in [3.8, 4) is 0 Å². The van der Waals surface area contributed by atoms with Crippen LogP contribution in [0.5, 0.6) is 0 Å². The number of anilines is 1. The van der Waals surface area contributed by atoms with Crippen molar-refractivity contribution in [3.05, 3.63) is 64.0 Å². The molecule has 0 atom stereocenters. The molecule has 28 heavy (non-hydrogen) atoms. The molecule has 146 valence electrons. The minimum Gasteiger partial charge on any atom is -0.302 e.